The van der Waals surface area contributed by atoms with Gasteiger partial charge in [0.2, 0.25) is 0 Å². The number of hydrogen-bond acceptors (Lipinski definition) is 3. The van der Waals surface area contributed by atoms with Crippen molar-refractivity contribution in [2.75, 3.05) is 6.61 Å². The van der Waals surface area contributed by atoms with Crippen molar-refractivity contribution in [3.8, 4) is 0 Å². The summed E-state index contributed by atoms with van der Waals surface area (Å²) in [5, 5.41) is 0. The minimum Gasteiger partial charge on any atom is -0.377 e. The van der Waals surface area contributed by atoms with Gasteiger partial charge in [0.15, 0.2) is 0 Å². The van der Waals surface area contributed by atoms with Gasteiger partial charge in [0, 0.05) is 6.04 Å². The lowest BCUT2D eigenvalue weighted by atomic mass is 9.73. The summed E-state index contributed by atoms with van der Waals surface area (Å²) in [4.78, 5) is 0. The number of hydrazine groups is 1. The Labute approximate surface area is 100 Å². The Balaban J connectivity index is 2.40. The third kappa shape index (κ3) is 4.04. The zero-order chi connectivity index (χ0) is 12.1. The molecule has 0 bridgehead atoms. The van der Waals surface area contributed by atoms with Gasteiger partial charge in [-0.25, -0.2) is 0 Å². The van der Waals surface area contributed by atoms with Crippen molar-refractivity contribution in [3.63, 3.8) is 0 Å². The normalized spacial score (nSPS) is 33.0. The van der Waals surface area contributed by atoms with Crippen LogP contribution in [0, 0.1) is 17.8 Å². The minimum atomic E-state index is 0.288. The van der Waals surface area contributed by atoms with E-state index in [1.807, 2.05) is 0 Å². The van der Waals surface area contributed by atoms with Crippen molar-refractivity contribution >= 4 is 0 Å². The van der Waals surface area contributed by atoms with Crippen LogP contribution in [0.3, 0.4) is 0 Å². The minimum absolute atomic E-state index is 0.288. The smallest absolute Gasteiger partial charge is 0.0639 e. The standard InChI is InChI=1S/C13H28N2O/c1-9(2)16-8-13(15-14)12-6-5-10(3)11(4)7-12/h9-13,15H,5-8,14H2,1-4H3. The highest BCUT2D eigenvalue weighted by Gasteiger charge is 2.29. The summed E-state index contributed by atoms with van der Waals surface area (Å²) in [6, 6.07) is 0.317. The van der Waals surface area contributed by atoms with Gasteiger partial charge in [0.1, 0.15) is 0 Å². The zero-order valence-electron chi connectivity index (χ0n) is 11.2. The average molecular weight is 228 g/mol. The Morgan fingerprint density at radius 1 is 1.25 bits per heavy atom. The van der Waals surface area contributed by atoms with E-state index in [-0.39, 0.29) is 6.10 Å². The summed E-state index contributed by atoms with van der Waals surface area (Å²) in [6.07, 6.45) is 4.17. The van der Waals surface area contributed by atoms with E-state index < -0.39 is 0 Å². The van der Waals surface area contributed by atoms with Crippen LogP contribution in [0.5, 0.6) is 0 Å². The highest BCUT2D eigenvalue weighted by atomic mass is 16.5. The van der Waals surface area contributed by atoms with E-state index in [4.69, 9.17) is 10.6 Å². The maximum absolute atomic E-state index is 5.67. The van der Waals surface area contributed by atoms with Crippen LogP contribution in [0.1, 0.15) is 47.0 Å². The maximum Gasteiger partial charge on any atom is 0.0639 e. The van der Waals surface area contributed by atoms with Gasteiger partial charge in [-0.2, -0.15) is 0 Å². The lowest BCUT2D eigenvalue weighted by Crippen LogP contribution is -2.46. The predicted octanol–water partition coefficient (Wildman–Crippen LogP) is 2.32. The second-order valence-corrected chi connectivity index (χ2v) is 5.68. The van der Waals surface area contributed by atoms with Crippen LogP contribution in [0.25, 0.3) is 0 Å². The molecular weight excluding hydrogens is 200 g/mol. The quantitative estimate of drug-likeness (QED) is 0.561. The Morgan fingerprint density at radius 2 is 1.94 bits per heavy atom. The van der Waals surface area contributed by atoms with Crippen molar-refractivity contribution < 1.29 is 4.74 Å². The van der Waals surface area contributed by atoms with Crippen molar-refractivity contribution in [1.29, 1.82) is 0 Å². The van der Waals surface area contributed by atoms with Crippen LogP contribution < -0.4 is 11.3 Å². The lowest BCUT2D eigenvalue weighted by Gasteiger charge is -2.36. The van der Waals surface area contributed by atoms with Crippen LogP contribution in [0.15, 0.2) is 0 Å². The molecule has 3 nitrogen and oxygen atoms in total. The molecule has 1 saturated carbocycles. The maximum atomic E-state index is 5.67. The fraction of sp³-hybridized carbons (Fsp3) is 1.00. The van der Waals surface area contributed by atoms with Crippen LogP contribution >= 0.6 is 0 Å². The fourth-order valence-electron chi connectivity index (χ4n) is 2.57. The third-order valence-corrected chi connectivity index (χ3v) is 4.03. The molecule has 1 fully saturated rings. The molecule has 3 N–H and O–H groups in total. The molecule has 4 atom stereocenters. The summed E-state index contributed by atoms with van der Waals surface area (Å²) in [5.74, 6) is 7.99. The summed E-state index contributed by atoms with van der Waals surface area (Å²) in [7, 11) is 0. The monoisotopic (exact) mass is 228 g/mol. The molecule has 0 spiro atoms. The molecule has 1 aliphatic rings. The predicted molar refractivity (Wildman–Crippen MR) is 67.9 cm³/mol. The summed E-state index contributed by atoms with van der Waals surface area (Å²) in [5.41, 5.74) is 2.94. The second kappa shape index (κ2) is 6.58. The third-order valence-electron chi connectivity index (χ3n) is 4.03. The molecule has 96 valence electrons. The molecule has 0 aliphatic heterocycles. The topological polar surface area (TPSA) is 47.3 Å². The Kier molecular flexibility index (Phi) is 5.73. The van der Waals surface area contributed by atoms with E-state index in [1.165, 1.54) is 19.3 Å². The first-order chi connectivity index (χ1) is 7.54. The lowest BCUT2D eigenvalue weighted by molar-refractivity contribution is 0.0353. The van der Waals surface area contributed by atoms with Gasteiger partial charge < -0.3 is 4.74 Å². The largest absolute Gasteiger partial charge is 0.377 e. The van der Waals surface area contributed by atoms with Gasteiger partial charge in [-0.15, -0.1) is 0 Å². The first kappa shape index (κ1) is 13.9. The molecule has 4 unspecified atom stereocenters. The van der Waals surface area contributed by atoms with E-state index in [1.54, 1.807) is 0 Å². The molecule has 0 aromatic rings. The molecule has 0 amide bonds. The van der Waals surface area contributed by atoms with Crippen LogP contribution in [-0.4, -0.2) is 18.8 Å². The Hall–Kier alpha value is -0.120. The second-order valence-electron chi connectivity index (χ2n) is 5.68. The average Bonchev–Trinajstić information content (AvgIpc) is 2.23. The Bertz CT molecular complexity index is 196. The molecule has 16 heavy (non-hydrogen) atoms. The van der Waals surface area contributed by atoms with Crippen molar-refractivity contribution in [2.24, 2.45) is 23.6 Å². The van der Waals surface area contributed by atoms with Crippen molar-refractivity contribution in [1.82, 2.24) is 5.43 Å². The number of ether oxygens (including phenoxy) is 1. The van der Waals surface area contributed by atoms with E-state index >= 15 is 0 Å². The van der Waals surface area contributed by atoms with Crippen molar-refractivity contribution in [2.45, 2.75) is 59.1 Å². The van der Waals surface area contributed by atoms with Crippen LogP contribution in [-0.2, 0) is 4.74 Å². The van der Waals surface area contributed by atoms with Gasteiger partial charge in [-0.05, 0) is 44.4 Å². The number of rotatable bonds is 5. The van der Waals surface area contributed by atoms with Gasteiger partial charge >= 0.3 is 0 Å². The van der Waals surface area contributed by atoms with E-state index in [0.29, 0.717) is 12.0 Å². The Morgan fingerprint density at radius 3 is 2.44 bits per heavy atom. The molecule has 1 rings (SSSR count). The highest BCUT2D eigenvalue weighted by Crippen LogP contribution is 2.34. The molecule has 0 saturated heterocycles. The van der Waals surface area contributed by atoms with Gasteiger partial charge in [-0.3, -0.25) is 11.3 Å². The summed E-state index contributed by atoms with van der Waals surface area (Å²) < 4.78 is 5.67. The molecule has 3 heteroatoms. The number of nitrogens with one attached hydrogen (secondary N) is 1. The van der Waals surface area contributed by atoms with Crippen LogP contribution in [0.2, 0.25) is 0 Å². The van der Waals surface area contributed by atoms with Gasteiger partial charge in [0.05, 0.1) is 12.7 Å². The number of hydrogen-bond donors (Lipinski definition) is 2. The molecule has 0 radical (unpaired) electrons. The molecule has 1 aliphatic carbocycles. The van der Waals surface area contributed by atoms with E-state index in [2.05, 4.69) is 33.1 Å². The summed E-state index contributed by atoms with van der Waals surface area (Å²) in [6.45, 7) is 9.59. The van der Waals surface area contributed by atoms with E-state index in [0.717, 1.165) is 18.4 Å². The molecule has 0 heterocycles. The molecule has 0 aromatic heterocycles. The zero-order valence-corrected chi connectivity index (χ0v) is 11.2. The fourth-order valence-corrected chi connectivity index (χ4v) is 2.57. The molecule has 0 aromatic carbocycles. The number of nitrogens with two attached hydrogens (primary N) is 1. The van der Waals surface area contributed by atoms with Gasteiger partial charge in [0.25, 0.3) is 0 Å². The van der Waals surface area contributed by atoms with Gasteiger partial charge in [-0.1, -0.05) is 20.3 Å². The molecular formula is C13H28N2O. The summed E-state index contributed by atoms with van der Waals surface area (Å²) >= 11 is 0. The SMILES string of the molecule is CC(C)OCC(NN)C1CCC(C)C(C)C1. The highest BCUT2D eigenvalue weighted by molar-refractivity contribution is 4.82. The van der Waals surface area contributed by atoms with E-state index in [9.17, 15) is 0 Å². The van der Waals surface area contributed by atoms with Crippen LogP contribution in [0.4, 0.5) is 0 Å². The first-order valence-corrected chi connectivity index (χ1v) is 6.62. The van der Waals surface area contributed by atoms with Crippen molar-refractivity contribution in [3.05, 3.63) is 0 Å². The first-order valence-electron chi connectivity index (χ1n) is 6.62.